The maximum absolute atomic E-state index is 5.93. The van der Waals surface area contributed by atoms with Gasteiger partial charge in [-0.2, -0.15) is 0 Å². The zero-order valence-electron chi connectivity index (χ0n) is 14.3. The standard InChI is InChI=1S/C17H32N4O/c1-4-5-6-7-8-9-12-19-17(18)20-14-15(21(2)3)16-11-10-13-22-16/h10-11,13,15H,4-9,12,14H2,1-3H3,(H3,18,19,20). The number of nitrogens with two attached hydrogens (primary N) is 1. The average Bonchev–Trinajstić information content (AvgIpc) is 3.00. The van der Waals surface area contributed by atoms with Gasteiger partial charge < -0.3 is 15.5 Å². The predicted molar refractivity (Wildman–Crippen MR) is 93.0 cm³/mol. The summed E-state index contributed by atoms with van der Waals surface area (Å²) in [6.45, 7) is 3.73. The average molecular weight is 308 g/mol. The molecule has 1 heterocycles. The monoisotopic (exact) mass is 308 g/mol. The molecule has 5 nitrogen and oxygen atoms in total. The number of hydrogen-bond acceptors (Lipinski definition) is 3. The van der Waals surface area contributed by atoms with E-state index in [9.17, 15) is 0 Å². The van der Waals surface area contributed by atoms with E-state index in [0.29, 0.717) is 12.5 Å². The first-order chi connectivity index (χ1) is 10.6. The molecule has 0 radical (unpaired) electrons. The highest BCUT2D eigenvalue weighted by Crippen LogP contribution is 2.18. The van der Waals surface area contributed by atoms with Crippen LogP contribution in [0.2, 0.25) is 0 Å². The van der Waals surface area contributed by atoms with Crippen molar-refractivity contribution in [3.63, 3.8) is 0 Å². The number of rotatable bonds is 11. The van der Waals surface area contributed by atoms with Crippen LogP contribution >= 0.6 is 0 Å². The van der Waals surface area contributed by atoms with Crippen molar-refractivity contribution in [1.82, 2.24) is 10.2 Å². The summed E-state index contributed by atoms with van der Waals surface area (Å²) in [6, 6.07) is 3.99. The zero-order chi connectivity index (χ0) is 16.2. The topological polar surface area (TPSA) is 66.8 Å². The molecule has 0 saturated heterocycles. The van der Waals surface area contributed by atoms with Gasteiger partial charge in [-0.25, -0.2) is 0 Å². The molecule has 0 spiro atoms. The second-order valence-corrected chi connectivity index (χ2v) is 5.92. The van der Waals surface area contributed by atoms with Gasteiger partial charge in [-0.3, -0.25) is 9.89 Å². The van der Waals surface area contributed by atoms with E-state index < -0.39 is 0 Å². The molecule has 1 aromatic heterocycles. The number of hydrogen-bond donors (Lipinski definition) is 2. The van der Waals surface area contributed by atoms with Gasteiger partial charge in [0, 0.05) is 6.54 Å². The molecule has 0 aliphatic heterocycles. The van der Waals surface area contributed by atoms with Gasteiger partial charge in [0.15, 0.2) is 5.96 Å². The third kappa shape index (κ3) is 7.50. The number of nitrogens with one attached hydrogen (secondary N) is 1. The molecular formula is C17H32N4O. The summed E-state index contributed by atoms with van der Waals surface area (Å²) in [4.78, 5) is 6.52. The number of guanidine groups is 1. The smallest absolute Gasteiger partial charge is 0.188 e. The van der Waals surface area contributed by atoms with Crippen LogP contribution in [-0.2, 0) is 0 Å². The molecule has 22 heavy (non-hydrogen) atoms. The third-order valence-corrected chi connectivity index (χ3v) is 3.77. The lowest BCUT2D eigenvalue weighted by Gasteiger charge is -2.20. The molecule has 1 aromatic rings. The van der Waals surface area contributed by atoms with Gasteiger partial charge in [0.2, 0.25) is 0 Å². The lowest BCUT2D eigenvalue weighted by molar-refractivity contribution is 0.265. The van der Waals surface area contributed by atoms with Crippen LogP contribution < -0.4 is 11.1 Å². The van der Waals surface area contributed by atoms with Gasteiger partial charge in [-0.15, -0.1) is 0 Å². The van der Waals surface area contributed by atoms with Crippen molar-refractivity contribution in [3.05, 3.63) is 24.2 Å². The normalized spacial score (nSPS) is 13.5. The van der Waals surface area contributed by atoms with E-state index in [2.05, 4.69) is 22.1 Å². The lowest BCUT2D eigenvalue weighted by atomic mass is 10.1. The van der Waals surface area contributed by atoms with Crippen LogP contribution in [0.1, 0.15) is 57.3 Å². The van der Waals surface area contributed by atoms with Crippen molar-refractivity contribution in [2.24, 2.45) is 10.7 Å². The molecule has 0 aliphatic rings. The minimum absolute atomic E-state index is 0.115. The van der Waals surface area contributed by atoms with Crippen LogP contribution in [0.25, 0.3) is 0 Å². The second-order valence-electron chi connectivity index (χ2n) is 5.92. The molecule has 0 saturated carbocycles. The number of aliphatic imine (C=N–C) groups is 1. The molecular weight excluding hydrogens is 276 g/mol. The Labute approximate surface area is 135 Å². The van der Waals surface area contributed by atoms with Crippen LogP contribution in [0, 0.1) is 0 Å². The zero-order valence-corrected chi connectivity index (χ0v) is 14.3. The highest BCUT2D eigenvalue weighted by Gasteiger charge is 2.16. The van der Waals surface area contributed by atoms with E-state index in [0.717, 1.165) is 18.7 Å². The largest absolute Gasteiger partial charge is 0.468 e. The fourth-order valence-electron chi connectivity index (χ4n) is 2.35. The first-order valence-electron chi connectivity index (χ1n) is 8.38. The SMILES string of the molecule is CCCCCCCCNC(N)=NCC(c1ccco1)N(C)C. The summed E-state index contributed by atoms with van der Waals surface area (Å²) in [5.74, 6) is 1.43. The number of furan rings is 1. The van der Waals surface area contributed by atoms with E-state index in [1.165, 1.54) is 32.1 Å². The summed E-state index contributed by atoms with van der Waals surface area (Å²) < 4.78 is 5.46. The predicted octanol–water partition coefficient (Wildman–Crippen LogP) is 3.15. The first kappa shape index (κ1) is 18.6. The minimum atomic E-state index is 0.115. The Hall–Kier alpha value is -1.49. The summed E-state index contributed by atoms with van der Waals surface area (Å²) >= 11 is 0. The van der Waals surface area contributed by atoms with Crippen LogP contribution in [0.4, 0.5) is 0 Å². The van der Waals surface area contributed by atoms with Crippen molar-refractivity contribution >= 4 is 5.96 Å². The summed E-state index contributed by atoms with van der Waals surface area (Å²) in [5, 5.41) is 3.19. The molecule has 1 unspecified atom stereocenters. The molecule has 0 amide bonds. The highest BCUT2D eigenvalue weighted by molar-refractivity contribution is 5.77. The lowest BCUT2D eigenvalue weighted by Crippen LogP contribution is -2.33. The van der Waals surface area contributed by atoms with Crippen LogP contribution in [-0.4, -0.2) is 38.0 Å². The van der Waals surface area contributed by atoms with Crippen molar-refractivity contribution in [2.75, 3.05) is 27.2 Å². The second kappa shape index (κ2) is 11.1. The van der Waals surface area contributed by atoms with Gasteiger partial charge in [0.25, 0.3) is 0 Å². The number of unbranched alkanes of at least 4 members (excludes halogenated alkanes) is 5. The van der Waals surface area contributed by atoms with E-state index in [1.54, 1.807) is 6.26 Å². The molecule has 0 bridgehead atoms. The van der Waals surface area contributed by atoms with Crippen LogP contribution in [0.3, 0.4) is 0 Å². The number of likely N-dealkylation sites (N-methyl/N-ethyl adjacent to an activating group) is 1. The molecule has 1 atom stereocenters. The van der Waals surface area contributed by atoms with Crippen molar-refractivity contribution < 1.29 is 4.42 Å². The Balaban J connectivity index is 2.23. The van der Waals surface area contributed by atoms with Gasteiger partial charge >= 0.3 is 0 Å². The van der Waals surface area contributed by atoms with Gasteiger partial charge in [-0.1, -0.05) is 39.0 Å². The quantitative estimate of drug-likeness (QED) is 0.374. The van der Waals surface area contributed by atoms with Crippen LogP contribution in [0.15, 0.2) is 27.8 Å². The summed E-state index contributed by atoms with van der Waals surface area (Å²) in [7, 11) is 4.03. The molecule has 0 aromatic carbocycles. The molecule has 0 fully saturated rings. The van der Waals surface area contributed by atoms with Gasteiger partial charge in [-0.05, 0) is 32.6 Å². The highest BCUT2D eigenvalue weighted by atomic mass is 16.3. The van der Waals surface area contributed by atoms with E-state index in [1.807, 2.05) is 26.2 Å². The van der Waals surface area contributed by atoms with Crippen molar-refractivity contribution in [3.8, 4) is 0 Å². The van der Waals surface area contributed by atoms with E-state index in [-0.39, 0.29) is 6.04 Å². The maximum atomic E-state index is 5.93. The Morgan fingerprint density at radius 2 is 2.00 bits per heavy atom. The maximum Gasteiger partial charge on any atom is 0.188 e. The molecule has 1 rings (SSSR count). The summed E-state index contributed by atoms with van der Waals surface area (Å²) in [5.41, 5.74) is 5.93. The Morgan fingerprint density at radius 1 is 1.27 bits per heavy atom. The Bertz CT molecular complexity index is 401. The van der Waals surface area contributed by atoms with Crippen molar-refractivity contribution in [2.45, 2.75) is 51.5 Å². The molecule has 126 valence electrons. The van der Waals surface area contributed by atoms with Gasteiger partial charge in [0.1, 0.15) is 5.76 Å². The van der Waals surface area contributed by atoms with Gasteiger partial charge in [0.05, 0.1) is 18.8 Å². The molecule has 0 aliphatic carbocycles. The first-order valence-corrected chi connectivity index (χ1v) is 8.38. The van der Waals surface area contributed by atoms with Crippen molar-refractivity contribution in [1.29, 1.82) is 0 Å². The van der Waals surface area contributed by atoms with E-state index >= 15 is 0 Å². The molecule has 5 heteroatoms. The third-order valence-electron chi connectivity index (χ3n) is 3.77. The Morgan fingerprint density at radius 3 is 2.64 bits per heavy atom. The van der Waals surface area contributed by atoms with E-state index in [4.69, 9.17) is 10.2 Å². The molecule has 3 N–H and O–H groups in total. The van der Waals surface area contributed by atoms with Crippen LogP contribution in [0.5, 0.6) is 0 Å². The summed E-state index contributed by atoms with van der Waals surface area (Å²) in [6.07, 6.45) is 9.38. The Kier molecular flexibility index (Phi) is 9.39. The number of nitrogens with zero attached hydrogens (tertiary/aromatic N) is 2. The fourth-order valence-corrected chi connectivity index (χ4v) is 2.35. The fraction of sp³-hybridized carbons (Fsp3) is 0.706. The minimum Gasteiger partial charge on any atom is -0.468 e.